The molecular formula is C13H13N3O4. The number of nitrogens with zero attached hydrogens (tertiary/aromatic N) is 1. The number of nitriles is 1. The summed E-state index contributed by atoms with van der Waals surface area (Å²) in [6.45, 7) is -0.153. The second-order valence-electron chi connectivity index (χ2n) is 3.68. The van der Waals surface area contributed by atoms with Crippen LogP contribution in [0.1, 0.15) is 10.4 Å². The van der Waals surface area contributed by atoms with Crippen LogP contribution in [0.4, 0.5) is 5.69 Å². The summed E-state index contributed by atoms with van der Waals surface area (Å²) in [5.74, 6) is -1.63. The fourth-order valence-electron chi connectivity index (χ4n) is 1.28. The first-order chi connectivity index (χ1) is 9.58. The van der Waals surface area contributed by atoms with Crippen molar-refractivity contribution in [3.8, 4) is 6.07 Å². The maximum absolute atomic E-state index is 11.5. The molecule has 104 valence electrons. The highest BCUT2D eigenvalue weighted by atomic mass is 16.4. The van der Waals surface area contributed by atoms with Crippen LogP contribution in [-0.2, 0) is 4.79 Å². The molecule has 0 fully saturated rings. The molecular weight excluding hydrogens is 262 g/mol. The number of carbonyl (C=O) groups excluding carboxylic acids is 1. The SMILES string of the molecule is N#C/C(=C/Nc1ccc(C(=O)O)cc1)C(=O)NCCO. The number of hydrogen-bond donors (Lipinski definition) is 4. The lowest BCUT2D eigenvalue weighted by Crippen LogP contribution is -2.27. The summed E-state index contributed by atoms with van der Waals surface area (Å²) in [5.41, 5.74) is 0.527. The molecule has 7 heteroatoms. The molecule has 0 heterocycles. The van der Waals surface area contributed by atoms with E-state index in [1.807, 2.05) is 0 Å². The zero-order valence-corrected chi connectivity index (χ0v) is 10.5. The first-order valence-electron chi connectivity index (χ1n) is 5.67. The number of aromatic carboxylic acids is 1. The Bertz CT molecular complexity index is 558. The topological polar surface area (TPSA) is 122 Å². The van der Waals surface area contributed by atoms with E-state index < -0.39 is 11.9 Å². The van der Waals surface area contributed by atoms with E-state index in [1.165, 1.54) is 30.5 Å². The van der Waals surface area contributed by atoms with Gasteiger partial charge in [-0.3, -0.25) is 4.79 Å². The quantitative estimate of drug-likeness (QED) is 0.438. The fourth-order valence-corrected chi connectivity index (χ4v) is 1.28. The Balaban J connectivity index is 2.71. The number of aliphatic hydroxyl groups excluding tert-OH is 1. The van der Waals surface area contributed by atoms with Crippen molar-refractivity contribution in [1.29, 1.82) is 5.26 Å². The maximum atomic E-state index is 11.5. The van der Waals surface area contributed by atoms with E-state index in [4.69, 9.17) is 15.5 Å². The molecule has 1 rings (SSSR count). The zero-order chi connectivity index (χ0) is 15.0. The minimum Gasteiger partial charge on any atom is -0.478 e. The maximum Gasteiger partial charge on any atom is 0.335 e. The van der Waals surface area contributed by atoms with Gasteiger partial charge in [0.2, 0.25) is 0 Å². The first-order valence-corrected chi connectivity index (χ1v) is 5.67. The van der Waals surface area contributed by atoms with Crippen LogP contribution in [-0.4, -0.2) is 35.2 Å². The molecule has 0 saturated heterocycles. The number of rotatable bonds is 6. The Morgan fingerprint density at radius 2 is 1.95 bits per heavy atom. The molecule has 0 atom stereocenters. The van der Waals surface area contributed by atoms with Crippen LogP contribution in [0.2, 0.25) is 0 Å². The van der Waals surface area contributed by atoms with Gasteiger partial charge < -0.3 is 20.8 Å². The van der Waals surface area contributed by atoms with Gasteiger partial charge in [0.1, 0.15) is 11.6 Å². The summed E-state index contributed by atoms with van der Waals surface area (Å²) in [4.78, 5) is 22.1. The van der Waals surface area contributed by atoms with Crippen molar-refractivity contribution in [1.82, 2.24) is 5.32 Å². The zero-order valence-electron chi connectivity index (χ0n) is 10.5. The van der Waals surface area contributed by atoms with Crippen LogP contribution in [0.15, 0.2) is 36.0 Å². The number of benzene rings is 1. The van der Waals surface area contributed by atoms with E-state index in [0.29, 0.717) is 5.69 Å². The number of carbonyl (C=O) groups is 2. The minimum atomic E-state index is -1.03. The van der Waals surface area contributed by atoms with Crippen molar-refractivity contribution >= 4 is 17.6 Å². The molecule has 0 saturated carbocycles. The summed E-state index contributed by atoms with van der Waals surface area (Å²) in [5, 5.41) is 31.2. The average Bonchev–Trinajstić information content (AvgIpc) is 2.46. The highest BCUT2D eigenvalue weighted by Crippen LogP contribution is 2.10. The summed E-state index contributed by atoms with van der Waals surface area (Å²) < 4.78 is 0. The van der Waals surface area contributed by atoms with Crippen LogP contribution in [0, 0.1) is 11.3 Å². The number of hydrogen-bond acceptors (Lipinski definition) is 5. The third-order valence-electron chi connectivity index (χ3n) is 2.28. The number of amides is 1. The predicted octanol–water partition coefficient (Wildman–Crippen LogP) is 0.313. The first kappa shape index (κ1) is 15.2. The van der Waals surface area contributed by atoms with Gasteiger partial charge >= 0.3 is 5.97 Å². The van der Waals surface area contributed by atoms with E-state index >= 15 is 0 Å². The number of carboxylic acid groups (broad SMARTS) is 1. The van der Waals surface area contributed by atoms with E-state index in [1.54, 1.807) is 6.07 Å². The summed E-state index contributed by atoms with van der Waals surface area (Å²) in [6, 6.07) is 7.55. The largest absolute Gasteiger partial charge is 0.478 e. The lowest BCUT2D eigenvalue weighted by molar-refractivity contribution is -0.117. The van der Waals surface area contributed by atoms with Gasteiger partial charge in [0.05, 0.1) is 12.2 Å². The number of nitrogens with one attached hydrogen (secondary N) is 2. The lowest BCUT2D eigenvalue weighted by Gasteiger charge is -2.04. The monoisotopic (exact) mass is 275 g/mol. The molecule has 0 aliphatic carbocycles. The summed E-state index contributed by atoms with van der Waals surface area (Å²) in [7, 11) is 0. The van der Waals surface area contributed by atoms with Gasteiger partial charge in [-0.2, -0.15) is 5.26 Å². The molecule has 0 aliphatic rings. The standard InChI is InChI=1S/C13H13N3O4/c14-7-10(12(18)15-5-6-17)8-16-11-3-1-9(2-4-11)13(19)20/h1-4,8,16-17H,5-6H2,(H,15,18)(H,19,20)/b10-8-. The Labute approximate surface area is 115 Å². The molecule has 1 amide bonds. The molecule has 0 aromatic heterocycles. The van der Waals surface area contributed by atoms with Crippen molar-refractivity contribution < 1.29 is 19.8 Å². The Hall–Kier alpha value is -2.85. The van der Waals surface area contributed by atoms with Gasteiger partial charge in [-0.15, -0.1) is 0 Å². The van der Waals surface area contributed by atoms with Crippen LogP contribution >= 0.6 is 0 Å². The average molecular weight is 275 g/mol. The number of anilines is 1. The van der Waals surface area contributed by atoms with E-state index in [9.17, 15) is 9.59 Å². The summed E-state index contributed by atoms with van der Waals surface area (Å²) >= 11 is 0. The van der Waals surface area contributed by atoms with Crippen LogP contribution < -0.4 is 10.6 Å². The van der Waals surface area contributed by atoms with Gasteiger partial charge in [-0.25, -0.2) is 4.79 Å². The van der Waals surface area contributed by atoms with Gasteiger partial charge in [0.25, 0.3) is 5.91 Å². The second-order valence-corrected chi connectivity index (χ2v) is 3.68. The Kier molecular flexibility index (Phi) is 5.75. The van der Waals surface area contributed by atoms with E-state index in [2.05, 4.69) is 10.6 Å². The van der Waals surface area contributed by atoms with Crippen molar-refractivity contribution in [2.24, 2.45) is 0 Å². The molecule has 0 aliphatic heterocycles. The lowest BCUT2D eigenvalue weighted by atomic mass is 10.2. The molecule has 0 spiro atoms. The van der Waals surface area contributed by atoms with Gasteiger partial charge in [-0.1, -0.05) is 0 Å². The second kappa shape index (κ2) is 7.56. The van der Waals surface area contributed by atoms with Crippen molar-refractivity contribution in [3.63, 3.8) is 0 Å². The van der Waals surface area contributed by atoms with Crippen LogP contribution in [0.5, 0.6) is 0 Å². The third-order valence-corrected chi connectivity index (χ3v) is 2.28. The fraction of sp³-hybridized carbons (Fsp3) is 0.154. The third kappa shape index (κ3) is 4.44. The summed E-state index contributed by atoms with van der Waals surface area (Å²) in [6.07, 6.45) is 1.21. The van der Waals surface area contributed by atoms with Crippen molar-refractivity contribution in [2.45, 2.75) is 0 Å². The molecule has 20 heavy (non-hydrogen) atoms. The highest BCUT2D eigenvalue weighted by molar-refractivity contribution is 5.97. The minimum absolute atomic E-state index is 0.0607. The number of carboxylic acids is 1. The van der Waals surface area contributed by atoms with Gasteiger partial charge in [0, 0.05) is 18.4 Å². The van der Waals surface area contributed by atoms with Crippen LogP contribution in [0.3, 0.4) is 0 Å². The molecule has 7 nitrogen and oxygen atoms in total. The number of aliphatic hydroxyl groups is 1. The van der Waals surface area contributed by atoms with E-state index in [-0.39, 0.29) is 24.3 Å². The molecule has 0 bridgehead atoms. The highest BCUT2D eigenvalue weighted by Gasteiger charge is 2.07. The Morgan fingerprint density at radius 1 is 1.30 bits per heavy atom. The van der Waals surface area contributed by atoms with Crippen molar-refractivity contribution in [3.05, 3.63) is 41.6 Å². The van der Waals surface area contributed by atoms with Crippen LogP contribution in [0.25, 0.3) is 0 Å². The smallest absolute Gasteiger partial charge is 0.335 e. The molecule has 0 radical (unpaired) electrons. The normalized spacial score (nSPS) is 10.5. The molecule has 1 aromatic rings. The van der Waals surface area contributed by atoms with Crippen molar-refractivity contribution in [2.75, 3.05) is 18.5 Å². The van der Waals surface area contributed by atoms with Gasteiger partial charge in [0.15, 0.2) is 0 Å². The van der Waals surface area contributed by atoms with Gasteiger partial charge in [-0.05, 0) is 24.3 Å². The Morgan fingerprint density at radius 3 is 2.45 bits per heavy atom. The predicted molar refractivity (Wildman–Crippen MR) is 70.8 cm³/mol. The molecule has 0 unspecified atom stereocenters. The molecule has 1 aromatic carbocycles. The van der Waals surface area contributed by atoms with E-state index in [0.717, 1.165) is 0 Å². The molecule has 4 N–H and O–H groups in total.